The minimum absolute atomic E-state index is 0.323. The Morgan fingerprint density at radius 3 is 2.80 bits per heavy atom. The maximum Gasteiger partial charge on any atom is 0.283 e. The molecule has 0 fully saturated rings. The van der Waals surface area contributed by atoms with Gasteiger partial charge in [0, 0.05) is 18.0 Å². The SMILES string of the molecule is NNC(=O)c1cc(-c2ccncc2)n[nH]1. The monoisotopic (exact) mass is 203 g/mol. The molecule has 0 aliphatic rings. The molecule has 0 atom stereocenters. The lowest BCUT2D eigenvalue weighted by Crippen LogP contribution is -2.30. The first-order valence-corrected chi connectivity index (χ1v) is 4.28. The van der Waals surface area contributed by atoms with E-state index in [-0.39, 0.29) is 0 Å². The fourth-order valence-electron chi connectivity index (χ4n) is 1.19. The number of nitrogen functional groups attached to an aromatic ring is 1. The fraction of sp³-hybridized carbons (Fsp3) is 0. The molecule has 1 amide bonds. The Balaban J connectivity index is 2.32. The molecule has 0 aromatic carbocycles. The van der Waals surface area contributed by atoms with E-state index in [0.717, 1.165) is 5.56 Å². The number of hydrogen-bond acceptors (Lipinski definition) is 4. The third-order valence-corrected chi connectivity index (χ3v) is 1.93. The highest BCUT2D eigenvalue weighted by Gasteiger charge is 2.08. The zero-order chi connectivity index (χ0) is 10.7. The second kappa shape index (κ2) is 3.89. The summed E-state index contributed by atoms with van der Waals surface area (Å²) in [7, 11) is 0. The average molecular weight is 203 g/mol. The van der Waals surface area contributed by atoms with Crippen LogP contribution in [0.1, 0.15) is 10.5 Å². The first-order valence-electron chi connectivity index (χ1n) is 4.28. The molecular weight excluding hydrogens is 194 g/mol. The molecule has 6 heteroatoms. The molecule has 2 aromatic heterocycles. The number of pyridine rings is 1. The maximum atomic E-state index is 11.1. The second-order valence-corrected chi connectivity index (χ2v) is 2.88. The van der Waals surface area contributed by atoms with Gasteiger partial charge in [-0.3, -0.25) is 20.3 Å². The standard InChI is InChI=1S/C9H9N5O/c10-12-9(15)8-5-7(13-14-8)6-1-3-11-4-2-6/h1-5H,10H2,(H,12,15)(H,13,14). The lowest BCUT2D eigenvalue weighted by Gasteiger charge is -1.92. The summed E-state index contributed by atoms with van der Waals surface area (Å²) < 4.78 is 0. The minimum atomic E-state index is -0.400. The van der Waals surface area contributed by atoms with Crippen molar-refractivity contribution in [2.45, 2.75) is 0 Å². The molecule has 0 unspecified atom stereocenters. The van der Waals surface area contributed by atoms with Crippen molar-refractivity contribution in [2.75, 3.05) is 0 Å². The van der Waals surface area contributed by atoms with Crippen LogP contribution in [0.2, 0.25) is 0 Å². The summed E-state index contributed by atoms with van der Waals surface area (Å²) >= 11 is 0. The predicted octanol–water partition coefficient (Wildman–Crippen LogP) is 0.0752. The first-order chi connectivity index (χ1) is 7.31. The molecule has 6 nitrogen and oxygen atoms in total. The Kier molecular flexibility index (Phi) is 2.42. The van der Waals surface area contributed by atoms with E-state index in [0.29, 0.717) is 11.4 Å². The molecule has 0 saturated heterocycles. The predicted molar refractivity (Wildman–Crippen MR) is 53.5 cm³/mol. The van der Waals surface area contributed by atoms with Gasteiger partial charge in [0.05, 0.1) is 5.69 Å². The van der Waals surface area contributed by atoms with Gasteiger partial charge in [0.1, 0.15) is 5.69 Å². The van der Waals surface area contributed by atoms with Crippen LogP contribution in [-0.2, 0) is 0 Å². The lowest BCUT2D eigenvalue weighted by atomic mass is 10.2. The third kappa shape index (κ3) is 1.84. The summed E-state index contributed by atoms with van der Waals surface area (Å²) in [5.74, 6) is 4.59. The number of aromatic amines is 1. The summed E-state index contributed by atoms with van der Waals surface area (Å²) in [5.41, 5.74) is 3.91. The average Bonchev–Trinajstić information content (AvgIpc) is 2.78. The van der Waals surface area contributed by atoms with E-state index in [2.05, 4.69) is 15.2 Å². The molecule has 76 valence electrons. The normalized spacial score (nSPS) is 9.93. The summed E-state index contributed by atoms with van der Waals surface area (Å²) in [4.78, 5) is 15.0. The van der Waals surface area contributed by atoms with Crippen LogP contribution in [0.3, 0.4) is 0 Å². The van der Waals surface area contributed by atoms with E-state index < -0.39 is 5.91 Å². The Labute approximate surface area is 85.5 Å². The number of hydrogen-bond donors (Lipinski definition) is 3. The van der Waals surface area contributed by atoms with E-state index in [1.165, 1.54) is 0 Å². The molecular formula is C9H9N5O. The van der Waals surface area contributed by atoms with Crippen molar-refractivity contribution in [3.8, 4) is 11.3 Å². The molecule has 2 heterocycles. The largest absolute Gasteiger partial charge is 0.289 e. The Morgan fingerprint density at radius 2 is 2.13 bits per heavy atom. The second-order valence-electron chi connectivity index (χ2n) is 2.88. The smallest absolute Gasteiger partial charge is 0.283 e. The van der Waals surface area contributed by atoms with E-state index in [1.54, 1.807) is 30.6 Å². The zero-order valence-electron chi connectivity index (χ0n) is 7.77. The van der Waals surface area contributed by atoms with Crippen LogP contribution >= 0.6 is 0 Å². The van der Waals surface area contributed by atoms with Gasteiger partial charge in [-0.05, 0) is 18.2 Å². The summed E-state index contributed by atoms with van der Waals surface area (Å²) in [6.45, 7) is 0. The summed E-state index contributed by atoms with van der Waals surface area (Å²) in [6, 6.07) is 5.23. The number of hydrazine groups is 1. The van der Waals surface area contributed by atoms with Crippen molar-refractivity contribution in [3.63, 3.8) is 0 Å². The van der Waals surface area contributed by atoms with E-state index in [4.69, 9.17) is 5.84 Å². The first kappa shape index (κ1) is 9.35. The maximum absolute atomic E-state index is 11.1. The van der Waals surface area contributed by atoms with Crippen LogP contribution < -0.4 is 11.3 Å². The van der Waals surface area contributed by atoms with Crippen LogP contribution in [0.25, 0.3) is 11.3 Å². The number of H-pyrrole nitrogens is 1. The number of rotatable bonds is 2. The van der Waals surface area contributed by atoms with Crippen molar-refractivity contribution in [3.05, 3.63) is 36.3 Å². The van der Waals surface area contributed by atoms with E-state index in [9.17, 15) is 4.79 Å². The van der Waals surface area contributed by atoms with E-state index in [1.807, 2.05) is 5.43 Å². The van der Waals surface area contributed by atoms with Gasteiger partial charge in [0.2, 0.25) is 0 Å². The van der Waals surface area contributed by atoms with Gasteiger partial charge >= 0.3 is 0 Å². The number of nitrogens with two attached hydrogens (primary N) is 1. The number of nitrogens with zero attached hydrogens (tertiary/aromatic N) is 2. The molecule has 15 heavy (non-hydrogen) atoms. The topological polar surface area (TPSA) is 96.7 Å². The van der Waals surface area contributed by atoms with Crippen molar-refractivity contribution in [2.24, 2.45) is 5.84 Å². The molecule has 0 bridgehead atoms. The Hall–Kier alpha value is -2.21. The number of aromatic nitrogens is 3. The Bertz CT molecular complexity index is 464. The van der Waals surface area contributed by atoms with Gasteiger partial charge in [0.25, 0.3) is 5.91 Å². The molecule has 0 radical (unpaired) electrons. The van der Waals surface area contributed by atoms with Crippen LogP contribution in [0.5, 0.6) is 0 Å². The highest BCUT2D eigenvalue weighted by molar-refractivity contribution is 5.92. The number of nitrogens with one attached hydrogen (secondary N) is 2. The van der Waals surface area contributed by atoms with Crippen LogP contribution in [0, 0.1) is 0 Å². The molecule has 0 aliphatic carbocycles. The highest BCUT2D eigenvalue weighted by Crippen LogP contribution is 2.15. The molecule has 2 rings (SSSR count). The van der Waals surface area contributed by atoms with Crippen molar-refractivity contribution in [1.29, 1.82) is 0 Å². The molecule has 0 aliphatic heterocycles. The quantitative estimate of drug-likeness (QED) is 0.365. The fourth-order valence-corrected chi connectivity index (χ4v) is 1.19. The number of carbonyl (C=O) groups excluding carboxylic acids is 1. The molecule has 2 aromatic rings. The number of carbonyl (C=O) groups is 1. The van der Waals surface area contributed by atoms with Gasteiger partial charge < -0.3 is 0 Å². The van der Waals surface area contributed by atoms with Crippen molar-refractivity contribution < 1.29 is 4.79 Å². The van der Waals surface area contributed by atoms with Gasteiger partial charge in [-0.15, -0.1) is 0 Å². The van der Waals surface area contributed by atoms with E-state index >= 15 is 0 Å². The van der Waals surface area contributed by atoms with Crippen LogP contribution in [-0.4, -0.2) is 21.1 Å². The minimum Gasteiger partial charge on any atom is -0.289 e. The van der Waals surface area contributed by atoms with Gasteiger partial charge in [-0.1, -0.05) is 0 Å². The molecule has 0 spiro atoms. The number of amides is 1. The third-order valence-electron chi connectivity index (χ3n) is 1.93. The lowest BCUT2D eigenvalue weighted by molar-refractivity contribution is 0.0948. The molecule has 4 N–H and O–H groups in total. The van der Waals surface area contributed by atoms with Gasteiger partial charge in [-0.25, -0.2) is 5.84 Å². The summed E-state index contributed by atoms with van der Waals surface area (Å²) in [5, 5.41) is 6.58. The summed E-state index contributed by atoms with van der Waals surface area (Å²) in [6.07, 6.45) is 3.32. The van der Waals surface area contributed by atoms with Crippen LogP contribution in [0.4, 0.5) is 0 Å². The highest BCUT2D eigenvalue weighted by atomic mass is 16.2. The van der Waals surface area contributed by atoms with Gasteiger partial charge in [0.15, 0.2) is 0 Å². The van der Waals surface area contributed by atoms with Crippen molar-refractivity contribution in [1.82, 2.24) is 20.6 Å². The van der Waals surface area contributed by atoms with Crippen LogP contribution in [0.15, 0.2) is 30.6 Å². The zero-order valence-corrected chi connectivity index (χ0v) is 7.77. The molecule has 0 saturated carbocycles. The van der Waals surface area contributed by atoms with Crippen molar-refractivity contribution >= 4 is 5.91 Å². The Morgan fingerprint density at radius 1 is 1.40 bits per heavy atom. The van der Waals surface area contributed by atoms with Gasteiger partial charge in [-0.2, -0.15) is 5.10 Å².